The Kier molecular flexibility index (Phi) is 3.12. The van der Waals surface area contributed by atoms with Crippen molar-refractivity contribution < 1.29 is 0 Å². The minimum Gasteiger partial charge on any atom is -0.312 e. The SMILES string of the molecule is CC(C)n1ccc(-c2cccs2)c(C#N)c1=O. The predicted molar refractivity (Wildman–Crippen MR) is 69.1 cm³/mol. The minimum atomic E-state index is -0.214. The number of nitrogens with zero attached hydrogens (tertiary/aromatic N) is 2. The second-order valence-corrected chi connectivity index (χ2v) is 4.95. The average Bonchev–Trinajstić information content (AvgIpc) is 2.81. The number of nitriles is 1. The van der Waals surface area contributed by atoms with Gasteiger partial charge in [-0.1, -0.05) is 6.07 Å². The zero-order valence-corrected chi connectivity index (χ0v) is 10.5. The van der Waals surface area contributed by atoms with E-state index in [1.165, 1.54) is 11.3 Å². The highest BCUT2D eigenvalue weighted by Gasteiger charge is 2.13. The van der Waals surface area contributed by atoms with Crippen molar-refractivity contribution in [3.63, 3.8) is 0 Å². The number of aromatic nitrogens is 1. The highest BCUT2D eigenvalue weighted by atomic mass is 32.1. The Morgan fingerprint density at radius 2 is 2.18 bits per heavy atom. The standard InChI is InChI=1S/C13H12N2OS/c1-9(2)15-6-5-10(11(8-14)13(15)16)12-4-3-7-17-12/h3-7,9H,1-2H3. The molecule has 0 aliphatic rings. The molecule has 0 saturated heterocycles. The van der Waals surface area contributed by atoms with Gasteiger partial charge in [0, 0.05) is 22.7 Å². The van der Waals surface area contributed by atoms with E-state index in [0.717, 1.165) is 10.4 Å². The lowest BCUT2D eigenvalue weighted by molar-refractivity contribution is 0.577. The van der Waals surface area contributed by atoms with Crippen molar-refractivity contribution in [1.82, 2.24) is 4.57 Å². The molecule has 0 saturated carbocycles. The van der Waals surface area contributed by atoms with Crippen molar-refractivity contribution in [2.75, 3.05) is 0 Å². The number of hydrogen-bond acceptors (Lipinski definition) is 3. The minimum absolute atomic E-state index is 0.0620. The molecule has 0 aliphatic carbocycles. The van der Waals surface area contributed by atoms with E-state index in [4.69, 9.17) is 5.26 Å². The molecule has 0 amide bonds. The van der Waals surface area contributed by atoms with Gasteiger partial charge in [-0.05, 0) is 31.4 Å². The quantitative estimate of drug-likeness (QED) is 0.815. The highest BCUT2D eigenvalue weighted by Crippen LogP contribution is 2.26. The van der Waals surface area contributed by atoms with Crippen molar-refractivity contribution in [3.8, 4) is 16.5 Å². The first-order valence-corrected chi connectivity index (χ1v) is 6.22. The Morgan fingerprint density at radius 3 is 2.71 bits per heavy atom. The fourth-order valence-electron chi connectivity index (χ4n) is 1.70. The summed E-state index contributed by atoms with van der Waals surface area (Å²) in [5, 5.41) is 11.1. The number of pyridine rings is 1. The van der Waals surface area contributed by atoms with Crippen molar-refractivity contribution in [1.29, 1.82) is 5.26 Å². The van der Waals surface area contributed by atoms with Gasteiger partial charge in [0.2, 0.25) is 0 Å². The highest BCUT2D eigenvalue weighted by molar-refractivity contribution is 7.13. The molecule has 17 heavy (non-hydrogen) atoms. The van der Waals surface area contributed by atoms with E-state index in [2.05, 4.69) is 0 Å². The summed E-state index contributed by atoms with van der Waals surface area (Å²) < 4.78 is 1.58. The van der Waals surface area contributed by atoms with E-state index < -0.39 is 0 Å². The van der Waals surface area contributed by atoms with Gasteiger partial charge in [0.1, 0.15) is 11.6 Å². The van der Waals surface area contributed by atoms with Crippen LogP contribution >= 0.6 is 11.3 Å². The van der Waals surface area contributed by atoms with Crippen molar-refractivity contribution in [2.45, 2.75) is 19.9 Å². The van der Waals surface area contributed by atoms with E-state index in [1.807, 2.05) is 43.5 Å². The Bertz CT molecular complexity index is 618. The van der Waals surface area contributed by atoms with Gasteiger partial charge in [-0.3, -0.25) is 4.79 Å². The van der Waals surface area contributed by atoms with E-state index in [1.54, 1.807) is 10.8 Å². The third-order valence-corrected chi connectivity index (χ3v) is 3.48. The van der Waals surface area contributed by atoms with Crippen molar-refractivity contribution >= 4 is 11.3 Å². The van der Waals surface area contributed by atoms with Gasteiger partial charge in [-0.25, -0.2) is 0 Å². The average molecular weight is 244 g/mol. The third-order valence-electron chi connectivity index (χ3n) is 2.57. The van der Waals surface area contributed by atoms with Gasteiger partial charge in [0.15, 0.2) is 0 Å². The van der Waals surface area contributed by atoms with Crippen LogP contribution in [-0.2, 0) is 0 Å². The van der Waals surface area contributed by atoms with Crippen LogP contribution in [0.4, 0.5) is 0 Å². The molecule has 0 aliphatic heterocycles. The maximum Gasteiger partial charge on any atom is 0.269 e. The van der Waals surface area contributed by atoms with Crippen LogP contribution in [0.5, 0.6) is 0 Å². The molecular weight excluding hydrogens is 232 g/mol. The topological polar surface area (TPSA) is 45.8 Å². The van der Waals surface area contributed by atoms with E-state index >= 15 is 0 Å². The van der Waals surface area contributed by atoms with Gasteiger partial charge < -0.3 is 4.57 Å². The molecule has 0 N–H and O–H groups in total. The van der Waals surface area contributed by atoms with Crippen LogP contribution in [0.3, 0.4) is 0 Å². The molecular formula is C13H12N2OS. The molecule has 0 aromatic carbocycles. The first kappa shape index (κ1) is 11.6. The molecule has 2 aromatic heterocycles. The molecule has 0 atom stereocenters. The van der Waals surface area contributed by atoms with E-state index in [-0.39, 0.29) is 17.2 Å². The maximum atomic E-state index is 12.1. The molecule has 86 valence electrons. The molecule has 2 aromatic rings. The van der Waals surface area contributed by atoms with Crippen LogP contribution in [0.15, 0.2) is 34.6 Å². The second kappa shape index (κ2) is 4.56. The normalized spacial score (nSPS) is 10.5. The van der Waals surface area contributed by atoms with Crippen LogP contribution in [0, 0.1) is 11.3 Å². The zero-order valence-electron chi connectivity index (χ0n) is 9.68. The van der Waals surface area contributed by atoms with Gasteiger partial charge in [-0.2, -0.15) is 5.26 Å². The molecule has 0 radical (unpaired) electrons. The van der Waals surface area contributed by atoms with Gasteiger partial charge in [0.25, 0.3) is 5.56 Å². The van der Waals surface area contributed by atoms with Crippen LogP contribution in [-0.4, -0.2) is 4.57 Å². The van der Waals surface area contributed by atoms with Gasteiger partial charge in [0.05, 0.1) is 0 Å². The number of rotatable bonds is 2. The summed E-state index contributed by atoms with van der Waals surface area (Å²) in [5.41, 5.74) is 0.737. The summed E-state index contributed by atoms with van der Waals surface area (Å²) >= 11 is 1.53. The fourth-order valence-corrected chi connectivity index (χ4v) is 2.46. The molecule has 0 spiro atoms. The molecule has 2 rings (SSSR count). The predicted octanol–water partition coefficient (Wildman–Crippen LogP) is 3.03. The van der Waals surface area contributed by atoms with Crippen molar-refractivity contribution in [3.05, 3.63) is 45.7 Å². The first-order chi connectivity index (χ1) is 8.15. The van der Waals surface area contributed by atoms with Crippen LogP contribution in [0.25, 0.3) is 10.4 Å². The molecule has 0 unspecified atom stereocenters. The maximum absolute atomic E-state index is 12.1. The summed E-state index contributed by atoms with van der Waals surface area (Å²) in [4.78, 5) is 13.1. The van der Waals surface area contributed by atoms with Gasteiger partial charge >= 0.3 is 0 Å². The Labute approximate surface area is 104 Å². The summed E-state index contributed by atoms with van der Waals surface area (Å²) in [5.74, 6) is 0. The number of thiophene rings is 1. The van der Waals surface area contributed by atoms with E-state index in [9.17, 15) is 4.79 Å². The van der Waals surface area contributed by atoms with Crippen LogP contribution in [0.1, 0.15) is 25.5 Å². The first-order valence-electron chi connectivity index (χ1n) is 5.34. The smallest absolute Gasteiger partial charge is 0.269 e. The van der Waals surface area contributed by atoms with Crippen molar-refractivity contribution in [2.24, 2.45) is 0 Å². The van der Waals surface area contributed by atoms with E-state index in [0.29, 0.717) is 0 Å². The monoisotopic (exact) mass is 244 g/mol. The molecule has 3 nitrogen and oxygen atoms in total. The molecule has 2 heterocycles. The summed E-state index contributed by atoms with van der Waals surface area (Å²) in [6.45, 7) is 3.85. The molecule has 0 fully saturated rings. The molecule has 0 bridgehead atoms. The number of hydrogen-bond donors (Lipinski definition) is 0. The Morgan fingerprint density at radius 1 is 1.41 bits per heavy atom. The summed E-state index contributed by atoms with van der Waals surface area (Å²) in [6, 6.07) is 7.75. The summed E-state index contributed by atoms with van der Waals surface area (Å²) in [7, 11) is 0. The third kappa shape index (κ3) is 2.02. The lowest BCUT2D eigenvalue weighted by atomic mass is 10.1. The Balaban J connectivity index is 2.70. The van der Waals surface area contributed by atoms with Crippen LogP contribution in [0.2, 0.25) is 0 Å². The lowest BCUT2D eigenvalue weighted by Crippen LogP contribution is -2.24. The Hall–Kier alpha value is -1.86. The zero-order chi connectivity index (χ0) is 12.4. The largest absolute Gasteiger partial charge is 0.312 e. The van der Waals surface area contributed by atoms with Crippen LogP contribution < -0.4 is 5.56 Å². The lowest BCUT2D eigenvalue weighted by Gasteiger charge is -2.11. The molecule has 4 heteroatoms. The fraction of sp³-hybridized carbons (Fsp3) is 0.231. The van der Waals surface area contributed by atoms with Gasteiger partial charge in [-0.15, -0.1) is 11.3 Å². The summed E-state index contributed by atoms with van der Waals surface area (Å²) in [6.07, 6.45) is 1.75. The second-order valence-electron chi connectivity index (χ2n) is 4.00.